The first-order valence-corrected chi connectivity index (χ1v) is 3.56. The maximum absolute atomic E-state index is 4.90. The van der Waals surface area contributed by atoms with E-state index in [1.165, 1.54) is 5.96 Å². The lowest BCUT2D eigenvalue weighted by molar-refractivity contribution is 0.345. The second-order valence-electron chi connectivity index (χ2n) is 1.66. The van der Waals surface area contributed by atoms with E-state index < -0.39 is 0 Å². The Labute approximate surface area is 62.1 Å². The molecule has 1 aromatic carbocycles. The minimum atomic E-state index is 0.751. The van der Waals surface area contributed by atoms with Crippen LogP contribution in [0.2, 0.25) is 0 Å². The molecule has 3 heteroatoms. The van der Waals surface area contributed by atoms with Gasteiger partial charge in [0.05, 0.1) is 5.96 Å². The van der Waals surface area contributed by atoms with E-state index in [1.807, 2.05) is 30.3 Å². The Morgan fingerprint density at radius 3 is 2.60 bits per heavy atom. The summed E-state index contributed by atoms with van der Waals surface area (Å²) >= 11 is 0. The molecule has 0 aromatic heterocycles. The molecule has 0 saturated carbocycles. The SMILES string of the molecule is P/C=N/Oc1ccccc1. The van der Waals surface area contributed by atoms with E-state index in [0.717, 1.165) is 5.75 Å². The summed E-state index contributed by atoms with van der Waals surface area (Å²) in [7, 11) is 2.33. The van der Waals surface area contributed by atoms with Crippen LogP contribution >= 0.6 is 9.24 Å². The summed E-state index contributed by atoms with van der Waals surface area (Å²) in [6, 6.07) is 9.41. The Morgan fingerprint density at radius 1 is 1.30 bits per heavy atom. The Hall–Kier alpha value is -0.880. The molecular weight excluding hydrogens is 145 g/mol. The van der Waals surface area contributed by atoms with Gasteiger partial charge in [-0.25, -0.2) is 0 Å². The van der Waals surface area contributed by atoms with Gasteiger partial charge in [0.25, 0.3) is 0 Å². The van der Waals surface area contributed by atoms with Gasteiger partial charge in [0, 0.05) is 0 Å². The number of oxime groups is 1. The second-order valence-corrected chi connectivity index (χ2v) is 1.96. The molecular formula is C7H8NOP. The number of hydrogen-bond acceptors (Lipinski definition) is 2. The van der Waals surface area contributed by atoms with Crippen molar-refractivity contribution in [1.82, 2.24) is 0 Å². The predicted molar refractivity (Wildman–Crippen MR) is 45.3 cm³/mol. The van der Waals surface area contributed by atoms with Crippen LogP contribution in [0, 0.1) is 0 Å². The lowest BCUT2D eigenvalue weighted by Crippen LogP contribution is -1.79. The fraction of sp³-hybridized carbons (Fsp3) is 0. The molecule has 1 atom stereocenters. The van der Waals surface area contributed by atoms with Crippen LogP contribution in [0.1, 0.15) is 0 Å². The van der Waals surface area contributed by atoms with Crippen LogP contribution in [0.15, 0.2) is 35.5 Å². The number of rotatable bonds is 2. The van der Waals surface area contributed by atoms with Gasteiger partial charge in [-0.15, -0.1) is 0 Å². The molecule has 0 N–H and O–H groups in total. The second kappa shape index (κ2) is 4.02. The maximum atomic E-state index is 4.90. The molecule has 0 aliphatic carbocycles. The van der Waals surface area contributed by atoms with Crippen LogP contribution in [0.5, 0.6) is 5.75 Å². The van der Waals surface area contributed by atoms with E-state index in [0.29, 0.717) is 0 Å². The largest absolute Gasteiger partial charge is 0.357 e. The van der Waals surface area contributed by atoms with Crippen LogP contribution in [0.3, 0.4) is 0 Å². The van der Waals surface area contributed by atoms with Crippen molar-refractivity contribution in [1.29, 1.82) is 0 Å². The normalized spacial score (nSPS) is 10.1. The number of para-hydroxylation sites is 1. The van der Waals surface area contributed by atoms with Crippen molar-refractivity contribution in [3.8, 4) is 5.75 Å². The molecule has 0 fully saturated rings. The Kier molecular flexibility index (Phi) is 2.91. The number of hydrogen-bond donors (Lipinski definition) is 0. The molecule has 52 valence electrons. The van der Waals surface area contributed by atoms with Crippen molar-refractivity contribution in [3.05, 3.63) is 30.3 Å². The topological polar surface area (TPSA) is 21.6 Å². The van der Waals surface area contributed by atoms with Gasteiger partial charge in [0.15, 0.2) is 5.75 Å². The Morgan fingerprint density at radius 2 is 2.00 bits per heavy atom. The fourth-order valence-corrected chi connectivity index (χ4v) is 0.633. The lowest BCUT2D eigenvalue weighted by Gasteiger charge is -1.93. The minimum Gasteiger partial charge on any atom is -0.357 e. The molecule has 0 aliphatic heterocycles. The summed E-state index contributed by atoms with van der Waals surface area (Å²) in [5.74, 6) is 2.27. The maximum Gasteiger partial charge on any atom is 0.157 e. The highest BCUT2D eigenvalue weighted by molar-refractivity contribution is 7.36. The molecule has 0 spiro atoms. The van der Waals surface area contributed by atoms with Crippen molar-refractivity contribution in [2.75, 3.05) is 0 Å². The van der Waals surface area contributed by atoms with Crippen molar-refractivity contribution in [2.45, 2.75) is 0 Å². The highest BCUT2D eigenvalue weighted by Crippen LogP contribution is 2.07. The van der Waals surface area contributed by atoms with Crippen molar-refractivity contribution >= 4 is 15.2 Å². The van der Waals surface area contributed by atoms with Gasteiger partial charge >= 0.3 is 0 Å². The van der Waals surface area contributed by atoms with Crippen LogP contribution in [-0.4, -0.2) is 5.96 Å². The van der Waals surface area contributed by atoms with Crippen LogP contribution in [0.25, 0.3) is 0 Å². The molecule has 0 aliphatic rings. The van der Waals surface area contributed by atoms with E-state index in [-0.39, 0.29) is 0 Å². The molecule has 10 heavy (non-hydrogen) atoms. The van der Waals surface area contributed by atoms with Gasteiger partial charge in [-0.05, 0) is 12.1 Å². The molecule has 0 amide bonds. The van der Waals surface area contributed by atoms with Gasteiger partial charge in [0.1, 0.15) is 0 Å². The highest BCUT2D eigenvalue weighted by atomic mass is 31.0. The van der Waals surface area contributed by atoms with E-state index in [4.69, 9.17) is 4.84 Å². The third kappa shape index (κ3) is 2.16. The first-order valence-electron chi connectivity index (χ1n) is 2.89. The molecule has 0 saturated heterocycles. The average Bonchev–Trinajstić information content (AvgIpc) is 2.03. The zero-order valence-electron chi connectivity index (χ0n) is 5.40. The average molecular weight is 153 g/mol. The van der Waals surface area contributed by atoms with Crippen molar-refractivity contribution < 1.29 is 4.84 Å². The molecule has 1 rings (SSSR count). The molecule has 0 heterocycles. The van der Waals surface area contributed by atoms with Gasteiger partial charge in [-0.2, -0.15) is 0 Å². The van der Waals surface area contributed by atoms with E-state index >= 15 is 0 Å². The third-order valence-electron chi connectivity index (χ3n) is 0.962. The summed E-state index contributed by atoms with van der Waals surface area (Å²) in [5, 5.41) is 3.58. The number of benzene rings is 1. The molecule has 0 bridgehead atoms. The predicted octanol–water partition coefficient (Wildman–Crippen LogP) is 1.88. The van der Waals surface area contributed by atoms with E-state index in [9.17, 15) is 0 Å². The smallest absolute Gasteiger partial charge is 0.157 e. The lowest BCUT2D eigenvalue weighted by atomic mass is 10.3. The monoisotopic (exact) mass is 153 g/mol. The zero-order chi connectivity index (χ0) is 7.23. The summed E-state index contributed by atoms with van der Waals surface area (Å²) < 4.78 is 0. The summed E-state index contributed by atoms with van der Waals surface area (Å²) in [5.41, 5.74) is 0. The van der Waals surface area contributed by atoms with Crippen LogP contribution in [0.4, 0.5) is 0 Å². The van der Waals surface area contributed by atoms with Gasteiger partial charge < -0.3 is 4.84 Å². The van der Waals surface area contributed by atoms with E-state index in [1.54, 1.807) is 0 Å². The molecule has 0 radical (unpaired) electrons. The standard InChI is InChI=1S/C7H8NOP/c10-6-8-9-7-4-2-1-3-5-7/h1-6H,10H2/b8-6+. The molecule has 1 aromatic rings. The van der Waals surface area contributed by atoms with Crippen molar-refractivity contribution in [3.63, 3.8) is 0 Å². The quantitative estimate of drug-likeness (QED) is 0.361. The van der Waals surface area contributed by atoms with Crippen LogP contribution in [-0.2, 0) is 0 Å². The summed E-state index contributed by atoms with van der Waals surface area (Å²) in [6.07, 6.45) is 0. The highest BCUT2D eigenvalue weighted by Gasteiger charge is 1.84. The first kappa shape index (κ1) is 7.23. The van der Waals surface area contributed by atoms with Crippen molar-refractivity contribution in [2.24, 2.45) is 5.16 Å². The Bertz CT molecular complexity index is 210. The molecule has 2 nitrogen and oxygen atoms in total. The van der Waals surface area contributed by atoms with Gasteiger partial charge in [0.2, 0.25) is 0 Å². The zero-order valence-corrected chi connectivity index (χ0v) is 6.55. The fourth-order valence-electron chi connectivity index (χ4n) is 0.573. The summed E-state index contributed by atoms with van der Waals surface area (Å²) in [4.78, 5) is 4.90. The van der Waals surface area contributed by atoms with Gasteiger partial charge in [-0.1, -0.05) is 32.6 Å². The Balaban J connectivity index is 2.59. The first-order chi connectivity index (χ1) is 4.93. The summed E-state index contributed by atoms with van der Waals surface area (Å²) in [6.45, 7) is 0. The van der Waals surface area contributed by atoms with E-state index in [2.05, 4.69) is 14.4 Å². The molecule has 1 unspecified atom stereocenters. The van der Waals surface area contributed by atoms with Crippen LogP contribution < -0.4 is 4.84 Å². The third-order valence-corrected chi connectivity index (χ3v) is 1.08. The van der Waals surface area contributed by atoms with Gasteiger partial charge in [-0.3, -0.25) is 0 Å². The number of nitrogens with zero attached hydrogens (tertiary/aromatic N) is 1. The minimum absolute atomic E-state index is 0.751.